The summed E-state index contributed by atoms with van der Waals surface area (Å²) in [5.74, 6) is -0.905. The molecule has 1 amide bonds. The maximum absolute atomic E-state index is 12.9. The molecule has 0 saturated carbocycles. The van der Waals surface area contributed by atoms with Crippen LogP contribution in [0.1, 0.15) is 19.4 Å². The van der Waals surface area contributed by atoms with Crippen molar-refractivity contribution in [1.82, 2.24) is 9.47 Å². The zero-order chi connectivity index (χ0) is 26.8. The van der Waals surface area contributed by atoms with Crippen LogP contribution in [0.3, 0.4) is 0 Å². The van der Waals surface area contributed by atoms with Gasteiger partial charge >= 0.3 is 5.97 Å². The highest BCUT2D eigenvalue weighted by Gasteiger charge is 2.16. The van der Waals surface area contributed by atoms with E-state index in [1.54, 1.807) is 38.1 Å². The summed E-state index contributed by atoms with van der Waals surface area (Å²) in [5, 5.41) is 15.4. The molecule has 10 heteroatoms. The van der Waals surface area contributed by atoms with Gasteiger partial charge in [-0.25, -0.2) is 4.79 Å². The van der Waals surface area contributed by atoms with Crippen molar-refractivity contribution in [3.63, 3.8) is 0 Å². The number of nitrogens with zero attached hydrogens (tertiary/aromatic N) is 3. The lowest BCUT2D eigenvalue weighted by Gasteiger charge is -2.16. The van der Waals surface area contributed by atoms with Crippen LogP contribution < -0.4 is 25.4 Å². The Morgan fingerprint density at radius 2 is 1.86 bits per heavy atom. The van der Waals surface area contributed by atoms with Gasteiger partial charge in [-0.3, -0.25) is 19.1 Å². The zero-order valence-corrected chi connectivity index (χ0v) is 21.8. The van der Waals surface area contributed by atoms with Gasteiger partial charge in [0.2, 0.25) is 5.91 Å². The number of nitriles is 1. The number of benzene rings is 2. The second-order valence-corrected chi connectivity index (χ2v) is 9.13. The number of esters is 1. The van der Waals surface area contributed by atoms with E-state index in [-0.39, 0.29) is 34.9 Å². The lowest BCUT2D eigenvalue weighted by atomic mass is 10.2. The first-order chi connectivity index (χ1) is 17.9. The van der Waals surface area contributed by atoms with Gasteiger partial charge in [0.25, 0.3) is 5.56 Å². The summed E-state index contributed by atoms with van der Waals surface area (Å²) in [7, 11) is 1.88. The summed E-state index contributed by atoms with van der Waals surface area (Å²) in [6, 6.07) is 18.9. The van der Waals surface area contributed by atoms with Crippen LogP contribution in [-0.4, -0.2) is 41.5 Å². The molecule has 37 heavy (non-hydrogen) atoms. The highest BCUT2D eigenvalue weighted by Crippen LogP contribution is 2.15. The minimum atomic E-state index is -0.759. The monoisotopic (exact) mass is 519 g/mol. The number of likely N-dealkylation sites (N-methyl/N-ethyl adjacent to an activating group) is 1. The Labute approximate surface area is 218 Å². The first-order valence-electron chi connectivity index (χ1n) is 11.8. The Morgan fingerprint density at radius 3 is 2.54 bits per heavy atom. The molecule has 0 fully saturated rings. The molecule has 3 rings (SSSR count). The van der Waals surface area contributed by atoms with Crippen LogP contribution in [0.5, 0.6) is 0 Å². The Balaban J connectivity index is 1.75. The lowest BCUT2D eigenvalue weighted by molar-refractivity contribution is -0.136. The summed E-state index contributed by atoms with van der Waals surface area (Å²) in [6.07, 6.45) is 1.53. The minimum absolute atomic E-state index is 0.127. The van der Waals surface area contributed by atoms with Crippen molar-refractivity contribution in [2.75, 3.05) is 30.8 Å². The Hall–Kier alpha value is -4.20. The largest absolute Gasteiger partial charge is 0.462 e. The van der Waals surface area contributed by atoms with Crippen LogP contribution in [0.4, 0.5) is 11.4 Å². The van der Waals surface area contributed by atoms with E-state index in [2.05, 4.69) is 10.6 Å². The highest BCUT2D eigenvalue weighted by atomic mass is 32.1. The SMILES string of the molecule is CCOC(=O)/C(C#N)=c1\s/c(=C/Nc2cccc(NC(=O)CN(C)Cc3ccccc3)c2)c(=O)n1CC. The number of nitrogens with one attached hydrogen (secondary N) is 2. The van der Waals surface area contributed by atoms with Crippen molar-refractivity contribution >= 4 is 46.4 Å². The Bertz CT molecular complexity index is 1470. The van der Waals surface area contributed by atoms with Crippen molar-refractivity contribution in [3.8, 4) is 6.07 Å². The third kappa shape index (κ3) is 7.39. The molecule has 1 aromatic heterocycles. The average molecular weight is 520 g/mol. The molecule has 0 atom stereocenters. The van der Waals surface area contributed by atoms with E-state index in [4.69, 9.17) is 4.74 Å². The van der Waals surface area contributed by atoms with Gasteiger partial charge in [0.05, 0.1) is 13.2 Å². The molecular formula is C27H29N5O4S. The molecule has 0 bridgehead atoms. The van der Waals surface area contributed by atoms with E-state index in [1.165, 1.54) is 10.8 Å². The quantitative estimate of drug-likeness (QED) is 0.394. The molecule has 0 aliphatic rings. The second-order valence-electron chi connectivity index (χ2n) is 8.10. The second kappa shape index (κ2) is 13.2. The molecule has 0 aliphatic heterocycles. The van der Waals surface area contributed by atoms with Gasteiger partial charge < -0.3 is 15.4 Å². The number of carbonyl (C=O) groups is 2. The van der Waals surface area contributed by atoms with Gasteiger partial charge in [-0.05, 0) is 44.7 Å². The van der Waals surface area contributed by atoms with Crippen molar-refractivity contribution in [2.24, 2.45) is 0 Å². The highest BCUT2D eigenvalue weighted by molar-refractivity contribution is 7.07. The predicted octanol–water partition coefficient (Wildman–Crippen LogP) is 2.09. The normalized spacial score (nSPS) is 12.1. The maximum Gasteiger partial charge on any atom is 0.351 e. The van der Waals surface area contributed by atoms with Gasteiger partial charge in [-0.1, -0.05) is 36.4 Å². The first kappa shape index (κ1) is 27.4. The molecule has 3 aromatic rings. The van der Waals surface area contributed by atoms with Gasteiger partial charge in [-0.15, -0.1) is 11.3 Å². The van der Waals surface area contributed by atoms with Gasteiger partial charge in [0, 0.05) is 30.7 Å². The molecule has 2 aromatic carbocycles. The van der Waals surface area contributed by atoms with Gasteiger partial charge in [0.15, 0.2) is 5.57 Å². The minimum Gasteiger partial charge on any atom is -0.462 e. The van der Waals surface area contributed by atoms with E-state index in [0.29, 0.717) is 29.0 Å². The van der Waals surface area contributed by atoms with Gasteiger partial charge in [-0.2, -0.15) is 5.26 Å². The van der Waals surface area contributed by atoms with E-state index in [1.807, 2.05) is 48.3 Å². The number of rotatable bonds is 10. The van der Waals surface area contributed by atoms with Crippen LogP contribution in [0.2, 0.25) is 0 Å². The number of hydrogen-bond acceptors (Lipinski definition) is 8. The molecule has 2 N–H and O–H groups in total. The van der Waals surface area contributed by atoms with E-state index < -0.39 is 5.97 Å². The maximum atomic E-state index is 12.9. The van der Waals surface area contributed by atoms with Crippen molar-refractivity contribution in [3.05, 3.63) is 79.7 Å². The summed E-state index contributed by atoms with van der Waals surface area (Å²) < 4.78 is 6.90. The summed E-state index contributed by atoms with van der Waals surface area (Å²) in [4.78, 5) is 39.5. The first-order valence-corrected chi connectivity index (χ1v) is 12.6. The lowest BCUT2D eigenvalue weighted by Crippen LogP contribution is -2.32. The van der Waals surface area contributed by atoms with Crippen molar-refractivity contribution in [2.45, 2.75) is 26.9 Å². The summed E-state index contributed by atoms with van der Waals surface area (Å²) in [6.45, 7) is 4.72. The van der Waals surface area contributed by atoms with E-state index >= 15 is 0 Å². The molecule has 0 unspecified atom stereocenters. The molecule has 0 spiro atoms. The molecule has 0 saturated heterocycles. The van der Waals surface area contributed by atoms with Crippen molar-refractivity contribution in [1.29, 1.82) is 5.26 Å². The van der Waals surface area contributed by atoms with Crippen LogP contribution in [-0.2, 0) is 27.4 Å². The molecular weight excluding hydrogens is 490 g/mol. The number of carbonyl (C=O) groups excluding carboxylic acids is 2. The molecule has 1 heterocycles. The predicted molar refractivity (Wildman–Crippen MR) is 145 cm³/mol. The fraction of sp³-hybridized carbons (Fsp3) is 0.259. The number of ether oxygens (including phenoxy) is 1. The van der Waals surface area contributed by atoms with E-state index in [9.17, 15) is 19.6 Å². The number of anilines is 2. The van der Waals surface area contributed by atoms with Crippen LogP contribution >= 0.6 is 11.3 Å². The van der Waals surface area contributed by atoms with Crippen LogP contribution in [0, 0.1) is 11.3 Å². The molecule has 0 aliphatic carbocycles. The standard InChI is InChI=1S/C27H29N5O4S/c1-4-32-25(34)23(37-26(32)22(15-28)27(35)36-5-2)16-29-20-12-9-13-21(14-20)30-24(33)18-31(3)17-19-10-7-6-8-11-19/h6-14,16,29H,4-5,17-18H2,1-3H3,(H,30,33)/b23-16+,26-22-. The fourth-order valence-corrected chi connectivity index (χ4v) is 4.69. The van der Waals surface area contributed by atoms with Crippen molar-refractivity contribution < 1.29 is 14.3 Å². The third-order valence-electron chi connectivity index (χ3n) is 5.25. The Morgan fingerprint density at radius 1 is 1.14 bits per heavy atom. The smallest absolute Gasteiger partial charge is 0.351 e. The summed E-state index contributed by atoms with van der Waals surface area (Å²) in [5.41, 5.74) is 1.87. The fourth-order valence-electron chi connectivity index (χ4n) is 3.61. The molecule has 0 radical (unpaired) electrons. The number of amides is 1. The topological polar surface area (TPSA) is 116 Å². The van der Waals surface area contributed by atoms with E-state index in [0.717, 1.165) is 16.9 Å². The van der Waals surface area contributed by atoms with Gasteiger partial charge in [0.1, 0.15) is 15.3 Å². The summed E-state index contributed by atoms with van der Waals surface area (Å²) >= 11 is 1.04. The number of hydrogen-bond donors (Lipinski definition) is 2. The van der Waals surface area contributed by atoms with Crippen LogP contribution in [0.25, 0.3) is 11.8 Å². The molecule has 192 valence electrons. The zero-order valence-electron chi connectivity index (χ0n) is 21.0. The molecule has 9 nitrogen and oxygen atoms in total. The number of aromatic nitrogens is 1. The number of thiazole rings is 1. The average Bonchev–Trinajstić information content (AvgIpc) is 3.18. The Kier molecular flexibility index (Phi) is 9.77. The van der Waals surface area contributed by atoms with Crippen LogP contribution in [0.15, 0.2) is 59.4 Å². The third-order valence-corrected chi connectivity index (χ3v) is 6.38.